The van der Waals surface area contributed by atoms with Gasteiger partial charge in [-0.1, -0.05) is 48.5 Å². The third-order valence-electron chi connectivity index (χ3n) is 4.58. The van der Waals surface area contributed by atoms with Gasteiger partial charge in [0, 0.05) is 24.6 Å². The van der Waals surface area contributed by atoms with E-state index in [0.29, 0.717) is 12.0 Å². The predicted molar refractivity (Wildman–Crippen MR) is 109 cm³/mol. The molecule has 1 aliphatic rings. The second-order valence-electron chi connectivity index (χ2n) is 6.63. The first-order valence-electron chi connectivity index (χ1n) is 9.13. The van der Waals surface area contributed by atoms with Gasteiger partial charge in [0.25, 0.3) is 5.91 Å². The van der Waals surface area contributed by atoms with Crippen molar-refractivity contribution in [3.63, 3.8) is 0 Å². The molecule has 1 aliphatic heterocycles. The molecule has 2 atom stereocenters. The van der Waals surface area contributed by atoms with Gasteiger partial charge in [0.2, 0.25) is 5.91 Å². The maximum atomic E-state index is 12.8. The number of carbonyl (C=O) groups is 2. The number of hydrogen-bond acceptors (Lipinski definition) is 3. The first-order chi connectivity index (χ1) is 12.7. The Kier molecular flexibility index (Phi) is 8.30. The molecule has 0 bridgehead atoms. The highest BCUT2D eigenvalue weighted by molar-refractivity contribution is 5.97. The molecule has 6 heteroatoms. The summed E-state index contributed by atoms with van der Waals surface area (Å²) in [4.78, 5) is 25.4. The minimum Gasteiger partial charge on any atom is -0.350 e. The van der Waals surface area contributed by atoms with E-state index in [1.165, 1.54) is 0 Å². The first kappa shape index (κ1) is 20.9. The molecule has 1 saturated heterocycles. The normalized spacial score (nSPS) is 17.3. The zero-order valence-corrected chi connectivity index (χ0v) is 16.0. The van der Waals surface area contributed by atoms with Crippen LogP contribution in [0.2, 0.25) is 0 Å². The summed E-state index contributed by atoms with van der Waals surface area (Å²) in [5.41, 5.74) is 1.57. The summed E-state index contributed by atoms with van der Waals surface area (Å²) in [6, 6.07) is 18.3. The van der Waals surface area contributed by atoms with Crippen molar-refractivity contribution in [2.45, 2.75) is 31.3 Å². The maximum absolute atomic E-state index is 12.8. The quantitative estimate of drug-likeness (QED) is 0.712. The van der Waals surface area contributed by atoms with E-state index >= 15 is 0 Å². The van der Waals surface area contributed by atoms with Gasteiger partial charge in [0.05, 0.1) is 0 Å². The average molecular weight is 388 g/mol. The van der Waals surface area contributed by atoms with Crippen molar-refractivity contribution in [2.24, 2.45) is 0 Å². The minimum atomic E-state index is -0.605. The standard InChI is InChI=1S/C21H25N3O2.ClH/c25-20(17-10-5-2-6-11-17)24-19(14-16-8-3-1-4-9-16)21(26)23-18-12-7-13-22-15-18;/h1-6,8-11,18-19,22H,7,12-15H2,(H,23,26)(H,24,25);1H. The number of hydrogen-bond donors (Lipinski definition) is 3. The van der Waals surface area contributed by atoms with Crippen LogP contribution in [0.25, 0.3) is 0 Å². The van der Waals surface area contributed by atoms with E-state index in [9.17, 15) is 9.59 Å². The van der Waals surface area contributed by atoms with Crippen LogP contribution < -0.4 is 16.0 Å². The molecule has 0 aliphatic carbocycles. The number of benzene rings is 2. The van der Waals surface area contributed by atoms with Crippen molar-refractivity contribution in [2.75, 3.05) is 13.1 Å². The van der Waals surface area contributed by atoms with Gasteiger partial charge in [0.1, 0.15) is 6.04 Å². The number of piperidine rings is 1. The zero-order valence-electron chi connectivity index (χ0n) is 15.2. The number of halogens is 1. The van der Waals surface area contributed by atoms with Crippen LogP contribution in [-0.4, -0.2) is 37.0 Å². The van der Waals surface area contributed by atoms with Crippen LogP contribution in [0.3, 0.4) is 0 Å². The van der Waals surface area contributed by atoms with Crippen LogP contribution >= 0.6 is 12.4 Å². The largest absolute Gasteiger partial charge is 0.350 e. The predicted octanol–water partition coefficient (Wildman–Crippen LogP) is 2.32. The van der Waals surface area contributed by atoms with Crippen molar-refractivity contribution in [3.8, 4) is 0 Å². The number of rotatable bonds is 6. The summed E-state index contributed by atoms with van der Waals surface area (Å²) in [7, 11) is 0. The summed E-state index contributed by atoms with van der Waals surface area (Å²) in [5, 5.41) is 9.27. The molecule has 2 aromatic rings. The van der Waals surface area contributed by atoms with E-state index in [0.717, 1.165) is 31.5 Å². The van der Waals surface area contributed by atoms with Crippen molar-refractivity contribution >= 4 is 24.2 Å². The van der Waals surface area contributed by atoms with Crippen LogP contribution in [0.1, 0.15) is 28.8 Å². The topological polar surface area (TPSA) is 70.2 Å². The zero-order chi connectivity index (χ0) is 18.2. The van der Waals surface area contributed by atoms with Crippen molar-refractivity contribution in [3.05, 3.63) is 71.8 Å². The van der Waals surface area contributed by atoms with Crippen molar-refractivity contribution in [1.29, 1.82) is 0 Å². The summed E-state index contributed by atoms with van der Waals surface area (Å²) < 4.78 is 0. The SMILES string of the molecule is Cl.O=C(NC(Cc1ccccc1)C(=O)NC1CCCNC1)c1ccccc1. The van der Waals surface area contributed by atoms with Gasteiger partial charge >= 0.3 is 0 Å². The number of amides is 2. The maximum Gasteiger partial charge on any atom is 0.251 e. The monoisotopic (exact) mass is 387 g/mol. The highest BCUT2D eigenvalue weighted by Gasteiger charge is 2.24. The Balaban J connectivity index is 0.00000261. The van der Waals surface area contributed by atoms with Gasteiger partial charge in [-0.2, -0.15) is 0 Å². The highest BCUT2D eigenvalue weighted by atomic mass is 35.5. The lowest BCUT2D eigenvalue weighted by Gasteiger charge is -2.26. The Labute approximate surface area is 166 Å². The fraction of sp³-hybridized carbons (Fsp3) is 0.333. The lowest BCUT2D eigenvalue weighted by atomic mass is 10.0. The van der Waals surface area contributed by atoms with Gasteiger partial charge in [-0.05, 0) is 37.1 Å². The molecule has 2 aromatic carbocycles. The van der Waals surface area contributed by atoms with Gasteiger partial charge < -0.3 is 16.0 Å². The van der Waals surface area contributed by atoms with Crippen LogP contribution in [0.15, 0.2) is 60.7 Å². The molecule has 0 radical (unpaired) electrons. The van der Waals surface area contributed by atoms with Crippen LogP contribution in [-0.2, 0) is 11.2 Å². The molecule has 1 fully saturated rings. The van der Waals surface area contributed by atoms with E-state index < -0.39 is 6.04 Å². The van der Waals surface area contributed by atoms with Crippen molar-refractivity contribution in [1.82, 2.24) is 16.0 Å². The molecule has 0 saturated carbocycles. The fourth-order valence-corrected chi connectivity index (χ4v) is 3.17. The van der Waals surface area contributed by atoms with E-state index in [1.54, 1.807) is 12.1 Å². The summed E-state index contributed by atoms with van der Waals surface area (Å²) >= 11 is 0. The highest BCUT2D eigenvalue weighted by Crippen LogP contribution is 2.07. The smallest absolute Gasteiger partial charge is 0.251 e. The third-order valence-corrected chi connectivity index (χ3v) is 4.58. The van der Waals surface area contributed by atoms with Crippen LogP contribution in [0, 0.1) is 0 Å². The Morgan fingerprint density at radius 2 is 1.70 bits per heavy atom. The molecule has 2 amide bonds. The molecule has 3 rings (SSSR count). The van der Waals surface area contributed by atoms with E-state index in [1.807, 2.05) is 48.5 Å². The van der Waals surface area contributed by atoms with Gasteiger partial charge in [-0.25, -0.2) is 0 Å². The molecule has 27 heavy (non-hydrogen) atoms. The summed E-state index contributed by atoms with van der Waals surface area (Å²) in [5.74, 6) is -0.365. The minimum absolute atomic E-state index is 0. The average Bonchev–Trinajstić information content (AvgIpc) is 2.69. The summed E-state index contributed by atoms with van der Waals surface area (Å²) in [6.45, 7) is 1.76. The molecule has 144 valence electrons. The molecular formula is C21H26ClN3O2. The summed E-state index contributed by atoms with van der Waals surface area (Å²) in [6.07, 6.45) is 2.47. The Morgan fingerprint density at radius 1 is 1.04 bits per heavy atom. The number of nitrogens with one attached hydrogen (secondary N) is 3. The third kappa shape index (κ3) is 6.38. The molecule has 2 unspecified atom stereocenters. The molecule has 1 heterocycles. The van der Waals surface area contributed by atoms with Gasteiger partial charge in [0.15, 0.2) is 0 Å². The lowest BCUT2D eigenvalue weighted by molar-refractivity contribution is -0.123. The lowest BCUT2D eigenvalue weighted by Crippen LogP contribution is -2.53. The molecule has 0 aromatic heterocycles. The molecule has 0 spiro atoms. The second-order valence-corrected chi connectivity index (χ2v) is 6.63. The Bertz CT molecular complexity index is 719. The Morgan fingerprint density at radius 3 is 2.33 bits per heavy atom. The number of carbonyl (C=O) groups excluding carboxylic acids is 2. The second kappa shape index (κ2) is 10.7. The fourth-order valence-electron chi connectivity index (χ4n) is 3.17. The van der Waals surface area contributed by atoms with E-state index in [2.05, 4.69) is 16.0 Å². The van der Waals surface area contributed by atoms with Gasteiger partial charge in [-0.15, -0.1) is 12.4 Å². The molecular weight excluding hydrogens is 362 g/mol. The van der Waals surface area contributed by atoms with Crippen LogP contribution in [0.4, 0.5) is 0 Å². The first-order valence-corrected chi connectivity index (χ1v) is 9.13. The van der Waals surface area contributed by atoms with Gasteiger partial charge in [-0.3, -0.25) is 9.59 Å². The van der Waals surface area contributed by atoms with Crippen molar-refractivity contribution < 1.29 is 9.59 Å². The Hall–Kier alpha value is -2.37. The van der Waals surface area contributed by atoms with E-state index in [-0.39, 0.29) is 30.3 Å². The van der Waals surface area contributed by atoms with Crippen LogP contribution in [0.5, 0.6) is 0 Å². The van der Waals surface area contributed by atoms with E-state index in [4.69, 9.17) is 0 Å². The molecule has 5 nitrogen and oxygen atoms in total. The molecule has 3 N–H and O–H groups in total.